The fraction of sp³-hybridized carbons (Fsp3) is 0.909. The van der Waals surface area contributed by atoms with E-state index in [0.29, 0.717) is 0 Å². The molecular formula is C11H20ClNO2. The summed E-state index contributed by atoms with van der Waals surface area (Å²) in [5.41, 5.74) is 5.91. The number of hydrogen-bond acceptors (Lipinski definition) is 3. The summed E-state index contributed by atoms with van der Waals surface area (Å²) in [5, 5.41) is 0. The Morgan fingerprint density at radius 3 is 2.67 bits per heavy atom. The summed E-state index contributed by atoms with van der Waals surface area (Å²) in [7, 11) is 1.49. The van der Waals surface area contributed by atoms with Gasteiger partial charge in [0.15, 0.2) is 0 Å². The summed E-state index contributed by atoms with van der Waals surface area (Å²) in [6, 6.07) is 0. The SMILES string of the molecule is COC(=O)C12CCCC(CN)(CC1)C2.Cl. The maximum Gasteiger partial charge on any atom is 0.311 e. The molecule has 0 aromatic heterocycles. The second-order valence-corrected chi connectivity index (χ2v) is 5.01. The van der Waals surface area contributed by atoms with E-state index in [4.69, 9.17) is 10.5 Å². The van der Waals surface area contributed by atoms with Crippen LogP contribution in [0, 0.1) is 10.8 Å². The van der Waals surface area contributed by atoms with E-state index in [1.54, 1.807) is 0 Å². The number of methoxy groups -OCH3 is 1. The Hall–Kier alpha value is -0.280. The zero-order valence-corrected chi connectivity index (χ0v) is 10.1. The molecule has 2 N–H and O–H groups in total. The van der Waals surface area contributed by atoms with Crippen molar-refractivity contribution in [2.45, 2.75) is 38.5 Å². The Kier molecular flexibility index (Phi) is 3.67. The zero-order chi connectivity index (χ0) is 10.2. The topological polar surface area (TPSA) is 52.3 Å². The van der Waals surface area contributed by atoms with Crippen LogP contribution >= 0.6 is 12.4 Å². The smallest absolute Gasteiger partial charge is 0.311 e. The monoisotopic (exact) mass is 233 g/mol. The largest absolute Gasteiger partial charge is 0.469 e. The molecule has 0 aromatic rings. The molecule has 0 heterocycles. The van der Waals surface area contributed by atoms with E-state index in [-0.39, 0.29) is 29.2 Å². The van der Waals surface area contributed by atoms with Gasteiger partial charge in [-0.1, -0.05) is 6.42 Å². The molecule has 15 heavy (non-hydrogen) atoms. The highest BCUT2D eigenvalue weighted by Gasteiger charge is 2.54. The average Bonchev–Trinajstić information content (AvgIpc) is 2.51. The molecule has 0 saturated heterocycles. The third-order valence-electron chi connectivity index (χ3n) is 4.26. The van der Waals surface area contributed by atoms with Gasteiger partial charge in [-0.15, -0.1) is 12.4 Å². The van der Waals surface area contributed by atoms with Crippen LogP contribution in [-0.4, -0.2) is 19.6 Å². The molecule has 88 valence electrons. The van der Waals surface area contributed by atoms with Crippen molar-refractivity contribution < 1.29 is 9.53 Å². The first-order chi connectivity index (χ1) is 6.66. The first-order valence-electron chi connectivity index (χ1n) is 5.45. The lowest BCUT2D eigenvalue weighted by atomic mass is 9.69. The Bertz CT molecular complexity index is 259. The van der Waals surface area contributed by atoms with Crippen LogP contribution in [-0.2, 0) is 9.53 Å². The molecule has 2 aliphatic carbocycles. The van der Waals surface area contributed by atoms with Crippen molar-refractivity contribution in [3.63, 3.8) is 0 Å². The molecule has 2 unspecified atom stereocenters. The van der Waals surface area contributed by atoms with Crippen LogP contribution < -0.4 is 5.73 Å². The van der Waals surface area contributed by atoms with Crippen LogP contribution in [0.15, 0.2) is 0 Å². The van der Waals surface area contributed by atoms with Gasteiger partial charge in [0.1, 0.15) is 0 Å². The number of carbonyl (C=O) groups excluding carboxylic acids is 1. The Morgan fingerprint density at radius 1 is 1.33 bits per heavy atom. The van der Waals surface area contributed by atoms with Gasteiger partial charge in [0.2, 0.25) is 0 Å². The van der Waals surface area contributed by atoms with Crippen molar-refractivity contribution in [1.82, 2.24) is 0 Å². The molecular weight excluding hydrogens is 214 g/mol. The predicted octanol–water partition coefficient (Wildman–Crippen LogP) is 1.88. The maximum atomic E-state index is 11.7. The van der Waals surface area contributed by atoms with Crippen molar-refractivity contribution in [2.24, 2.45) is 16.6 Å². The molecule has 3 nitrogen and oxygen atoms in total. The van der Waals surface area contributed by atoms with E-state index >= 15 is 0 Å². The van der Waals surface area contributed by atoms with Crippen LogP contribution in [0.5, 0.6) is 0 Å². The molecule has 0 amide bonds. The predicted molar refractivity (Wildman–Crippen MR) is 60.9 cm³/mol. The second-order valence-electron chi connectivity index (χ2n) is 5.01. The van der Waals surface area contributed by atoms with Crippen molar-refractivity contribution in [3.8, 4) is 0 Å². The van der Waals surface area contributed by atoms with Crippen molar-refractivity contribution in [1.29, 1.82) is 0 Å². The number of carbonyl (C=O) groups is 1. The minimum Gasteiger partial charge on any atom is -0.469 e. The highest BCUT2D eigenvalue weighted by Crippen LogP contribution is 2.58. The quantitative estimate of drug-likeness (QED) is 0.741. The number of nitrogens with two attached hydrogens (primary N) is 1. The third-order valence-corrected chi connectivity index (χ3v) is 4.26. The number of ether oxygens (including phenoxy) is 1. The molecule has 2 rings (SSSR count). The van der Waals surface area contributed by atoms with Gasteiger partial charge in [-0.2, -0.15) is 0 Å². The van der Waals surface area contributed by atoms with Crippen molar-refractivity contribution in [2.75, 3.05) is 13.7 Å². The number of halogens is 1. The van der Waals surface area contributed by atoms with E-state index < -0.39 is 0 Å². The van der Waals surface area contributed by atoms with Crippen LogP contribution in [0.25, 0.3) is 0 Å². The molecule has 2 atom stereocenters. The van der Waals surface area contributed by atoms with Gasteiger partial charge in [0.05, 0.1) is 12.5 Å². The second kappa shape index (κ2) is 4.30. The van der Waals surface area contributed by atoms with Gasteiger partial charge in [-0.3, -0.25) is 4.79 Å². The van der Waals surface area contributed by atoms with Gasteiger partial charge >= 0.3 is 5.97 Å². The maximum absolute atomic E-state index is 11.7. The number of fused-ring (bicyclic) bond motifs is 2. The van der Waals surface area contributed by atoms with Gasteiger partial charge in [-0.05, 0) is 44.1 Å². The minimum atomic E-state index is -0.174. The van der Waals surface area contributed by atoms with E-state index in [1.807, 2.05) is 0 Å². The van der Waals surface area contributed by atoms with Gasteiger partial charge < -0.3 is 10.5 Å². The number of rotatable bonds is 2. The normalized spacial score (nSPS) is 38.3. The molecule has 0 aliphatic heterocycles. The highest BCUT2D eigenvalue weighted by atomic mass is 35.5. The Morgan fingerprint density at radius 2 is 2.07 bits per heavy atom. The summed E-state index contributed by atoms with van der Waals surface area (Å²) in [4.78, 5) is 11.7. The Balaban J connectivity index is 0.00000112. The summed E-state index contributed by atoms with van der Waals surface area (Å²) >= 11 is 0. The zero-order valence-electron chi connectivity index (χ0n) is 9.25. The molecule has 2 aliphatic rings. The lowest BCUT2D eigenvalue weighted by Gasteiger charge is -2.36. The van der Waals surface area contributed by atoms with Gasteiger partial charge in [0.25, 0.3) is 0 Å². The molecule has 0 aromatic carbocycles. The van der Waals surface area contributed by atoms with Gasteiger partial charge in [0, 0.05) is 0 Å². The van der Waals surface area contributed by atoms with Crippen LogP contribution in [0.4, 0.5) is 0 Å². The van der Waals surface area contributed by atoms with Crippen molar-refractivity contribution >= 4 is 18.4 Å². The van der Waals surface area contributed by atoms with E-state index in [2.05, 4.69) is 0 Å². The summed E-state index contributed by atoms with van der Waals surface area (Å²) < 4.78 is 4.92. The standard InChI is InChI=1S/C11H19NO2.ClH/c1-14-9(13)11-4-2-3-10(7-11,8-12)5-6-11;/h2-8,12H2,1H3;1H. The van der Waals surface area contributed by atoms with E-state index in [9.17, 15) is 4.79 Å². The van der Waals surface area contributed by atoms with Crippen molar-refractivity contribution in [3.05, 3.63) is 0 Å². The summed E-state index contributed by atoms with van der Waals surface area (Å²) in [6.07, 6.45) is 6.38. The summed E-state index contributed by atoms with van der Waals surface area (Å²) in [6.45, 7) is 0.728. The number of esters is 1. The van der Waals surface area contributed by atoms with E-state index in [0.717, 1.165) is 38.6 Å². The fourth-order valence-electron chi connectivity index (χ4n) is 3.40. The fourth-order valence-corrected chi connectivity index (χ4v) is 3.40. The lowest BCUT2D eigenvalue weighted by molar-refractivity contribution is -0.154. The van der Waals surface area contributed by atoms with Gasteiger partial charge in [-0.25, -0.2) is 0 Å². The van der Waals surface area contributed by atoms with Crippen LogP contribution in [0.1, 0.15) is 38.5 Å². The first kappa shape index (κ1) is 12.8. The molecule has 2 fully saturated rings. The average molecular weight is 234 g/mol. The van der Waals surface area contributed by atoms with Crippen LogP contribution in [0.3, 0.4) is 0 Å². The lowest BCUT2D eigenvalue weighted by Crippen LogP contribution is -2.38. The molecule has 4 heteroatoms. The first-order valence-corrected chi connectivity index (χ1v) is 5.45. The minimum absolute atomic E-state index is 0. The summed E-state index contributed by atoms with van der Waals surface area (Å²) in [5.74, 6) is -0.00692. The van der Waals surface area contributed by atoms with E-state index in [1.165, 1.54) is 13.5 Å². The molecule has 0 radical (unpaired) electrons. The third kappa shape index (κ3) is 1.87. The number of hydrogen-bond donors (Lipinski definition) is 1. The Labute approximate surface area is 97.1 Å². The molecule has 2 bridgehead atoms. The highest BCUT2D eigenvalue weighted by molar-refractivity contribution is 5.85. The van der Waals surface area contributed by atoms with Crippen LogP contribution in [0.2, 0.25) is 0 Å². The molecule has 2 saturated carbocycles. The molecule has 0 spiro atoms.